The molecular weight excluding hydrogens is 202 g/mol. The fourth-order valence-corrected chi connectivity index (χ4v) is 1.58. The Hall–Kier alpha value is -1.71. The van der Waals surface area contributed by atoms with Gasteiger partial charge < -0.3 is 16.4 Å². The Morgan fingerprint density at radius 2 is 2.00 bits per heavy atom. The summed E-state index contributed by atoms with van der Waals surface area (Å²) in [5.74, 6) is 0. The molecule has 4 nitrogen and oxygen atoms in total. The summed E-state index contributed by atoms with van der Waals surface area (Å²) in [5, 5.41) is 5.69. The highest BCUT2D eigenvalue weighted by Crippen LogP contribution is 2.23. The molecule has 0 saturated heterocycles. The summed E-state index contributed by atoms with van der Waals surface area (Å²) in [6.07, 6.45) is 2.17. The zero-order chi connectivity index (χ0) is 11.7. The first-order valence-electron chi connectivity index (χ1n) is 5.50. The highest BCUT2D eigenvalue weighted by atomic mass is 16.2. The van der Waals surface area contributed by atoms with Crippen LogP contribution in [-0.4, -0.2) is 12.1 Å². The van der Waals surface area contributed by atoms with Crippen molar-refractivity contribution in [1.29, 1.82) is 0 Å². The number of rotatable bonds is 2. The van der Waals surface area contributed by atoms with Crippen molar-refractivity contribution in [3.05, 3.63) is 23.3 Å². The lowest BCUT2D eigenvalue weighted by atomic mass is 10.1. The van der Waals surface area contributed by atoms with Crippen LogP contribution in [0.5, 0.6) is 0 Å². The molecule has 0 aliphatic heterocycles. The van der Waals surface area contributed by atoms with Gasteiger partial charge in [0, 0.05) is 17.4 Å². The molecule has 0 atom stereocenters. The number of nitrogens with one attached hydrogen (secondary N) is 2. The lowest BCUT2D eigenvalue weighted by Crippen LogP contribution is -2.30. The first kappa shape index (κ1) is 10.8. The number of amides is 2. The molecule has 2 amide bonds. The molecule has 0 radical (unpaired) electrons. The fraction of sp³-hybridized carbons (Fsp3) is 0.417. The molecule has 1 aliphatic rings. The van der Waals surface area contributed by atoms with Crippen LogP contribution < -0.4 is 16.4 Å². The SMILES string of the molecule is Cc1cc(C)c(NC(=O)NC2CC2)cc1N. The van der Waals surface area contributed by atoms with E-state index < -0.39 is 0 Å². The summed E-state index contributed by atoms with van der Waals surface area (Å²) >= 11 is 0. The van der Waals surface area contributed by atoms with Gasteiger partial charge in [-0.15, -0.1) is 0 Å². The highest BCUT2D eigenvalue weighted by Gasteiger charge is 2.23. The largest absolute Gasteiger partial charge is 0.398 e. The van der Waals surface area contributed by atoms with Gasteiger partial charge in [0.15, 0.2) is 0 Å². The van der Waals surface area contributed by atoms with Crippen molar-refractivity contribution in [2.45, 2.75) is 32.7 Å². The standard InChI is InChI=1S/C12H17N3O/c1-7-5-8(2)11(6-10(7)13)15-12(16)14-9-3-4-9/h5-6,9H,3-4,13H2,1-2H3,(H2,14,15,16). The predicted octanol–water partition coefficient (Wildman–Crippen LogP) is 2.17. The molecule has 0 bridgehead atoms. The van der Waals surface area contributed by atoms with Crippen LogP contribution in [0.15, 0.2) is 12.1 Å². The van der Waals surface area contributed by atoms with Crippen LogP contribution in [0, 0.1) is 13.8 Å². The molecule has 1 aromatic rings. The molecule has 4 N–H and O–H groups in total. The van der Waals surface area contributed by atoms with Gasteiger partial charge >= 0.3 is 6.03 Å². The molecule has 86 valence electrons. The Balaban J connectivity index is 2.07. The minimum Gasteiger partial charge on any atom is -0.398 e. The van der Waals surface area contributed by atoms with E-state index in [0.29, 0.717) is 11.7 Å². The Morgan fingerprint density at radius 1 is 1.31 bits per heavy atom. The summed E-state index contributed by atoms with van der Waals surface area (Å²) < 4.78 is 0. The number of urea groups is 1. The summed E-state index contributed by atoms with van der Waals surface area (Å²) in [6, 6.07) is 4.00. The Bertz CT molecular complexity index is 425. The van der Waals surface area contributed by atoms with E-state index in [1.165, 1.54) is 0 Å². The van der Waals surface area contributed by atoms with E-state index >= 15 is 0 Å². The second-order valence-corrected chi connectivity index (χ2v) is 4.40. The Morgan fingerprint density at radius 3 is 2.62 bits per heavy atom. The predicted molar refractivity (Wildman–Crippen MR) is 65.5 cm³/mol. The molecule has 4 heteroatoms. The van der Waals surface area contributed by atoms with Crippen molar-refractivity contribution in [3.8, 4) is 0 Å². The number of aryl methyl sites for hydroxylation is 2. The van der Waals surface area contributed by atoms with Gasteiger partial charge in [-0.2, -0.15) is 0 Å². The number of nitrogen functional groups attached to an aromatic ring is 1. The molecule has 2 rings (SSSR count). The van der Waals surface area contributed by atoms with Crippen LogP contribution in [0.3, 0.4) is 0 Å². The normalized spacial score (nSPS) is 14.6. The minimum atomic E-state index is -0.145. The zero-order valence-corrected chi connectivity index (χ0v) is 9.63. The summed E-state index contributed by atoms with van der Waals surface area (Å²) in [4.78, 5) is 11.5. The van der Waals surface area contributed by atoms with Crippen LogP contribution in [0.1, 0.15) is 24.0 Å². The van der Waals surface area contributed by atoms with Crippen LogP contribution in [0.4, 0.5) is 16.2 Å². The number of nitrogens with two attached hydrogens (primary N) is 1. The molecule has 1 saturated carbocycles. The number of carbonyl (C=O) groups is 1. The molecule has 0 spiro atoms. The third-order valence-corrected chi connectivity index (χ3v) is 2.77. The summed E-state index contributed by atoms with van der Waals surface area (Å²) in [7, 11) is 0. The highest BCUT2D eigenvalue weighted by molar-refractivity contribution is 5.91. The van der Waals surface area contributed by atoms with Crippen molar-refractivity contribution in [2.24, 2.45) is 0 Å². The first-order valence-corrected chi connectivity index (χ1v) is 5.50. The summed E-state index contributed by atoms with van der Waals surface area (Å²) in [6.45, 7) is 3.91. The molecule has 0 unspecified atom stereocenters. The average Bonchev–Trinajstić information content (AvgIpc) is 2.98. The number of benzene rings is 1. The third kappa shape index (κ3) is 2.45. The zero-order valence-electron chi connectivity index (χ0n) is 9.63. The van der Waals surface area contributed by atoms with Gasteiger partial charge in [0.1, 0.15) is 0 Å². The second kappa shape index (κ2) is 4.04. The van der Waals surface area contributed by atoms with Gasteiger partial charge in [0.05, 0.1) is 0 Å². The maximum atomic E-state index is 11.5. The maximum absolute atomic E-state index is 11.5. The van der Waals surface area contributed by atoms with E-state index in [0.717, 1.165) is 29.7 Å². The van der Waals surface area contributed by atoms with Crippen molar-refractivity contribution in [1.82, 2.24) is 5.32 Å². The fourth-order valence-electron chi connectivity index (χ4n) is 1.58. The van der Waals surface area contributed by atoms with E-state index in [1.54, 1.807) is 6.07 Å². The molecule has 1 aromatic carbocycles. The van der Waals surface area contributed by atoms with Crippen LogP contribution in [0.2, 0.25) is 0 Å². The van der Waals surface area contributed by atoms with E-state index in [-0.39, 0.29) is 6.03 Å². The van der Waals surface area contributed by atoms with Crippen molar-refractivity contribution >= 4 is 17.4 Å². The monoisotopic (exact) mass is 219 g/mol. The average molecular weight is 219 g/mol. The Labute approximate surface area is 95.2 Å². The van der Waals surface area contributed by atoms with Crippen molar-refractivity contribution < 1.29 is 4.79 Å². The molecule has 1 fully saturated rings. The molecule has 1 aliphatic carbocycles. The summed E-state index contributed by atoms with van der Waals surface area (Å²) in [5.41, 5.74) is 9.35. The minimum absolute atomic E-state index is 0.145. The lowest BCUT2D eigenvalue weighted by Gasteiger charge is -2.11. The van der Waals surface area contributed by atoms with E-state index in [4.69, 9.17) is 5.73 Å². The quantitative estimate of drug-likeness (QED) is 0.667. The van der Waals surface area contributed by atoms with Gasteiger partial charge in [0.25, 0.3) is 0 Å². The first-order chi connectivity index (χ1) is 7.56. The topological polar surface area (TPSA) is 67.2 Å². The second-order valence-electron chi connectivity index (χ2n) is 4.40. The van der Waals surface area contributed by atoms with E-state index in [9.17, 15) is 4.79 Å². The number of hydrogen-bond donors (Lipinski definition) is 3. The lowest BCUT2D eigenvalue weighted by molar-refractivity contribution is 0.251. The van der Waals surface area contributed by atoms with Gasteiger partial charge in [0.2, 0.25) is 0 Å². The number of anilines is 2. The number of carbonyl (C=O) groups excluding carboxylic acids is 1. The molecule has 16 heavy (non-hydrogen) atoms. The van der Waals surface area contributed by atoms with Crippen LogP contribution in [0.25, 0.3) is 0 Å². The van der Waals surface area contributed by atoms with Crippen LogP contribution >= 0.6 is 0 Å². The van der Waals surface area contributed by atoms with Crippen molar-refractivity contribution in [3.63, 3.8) is 0 Å². The van der Waals surface area contributed by atoms with E-state index in [2.05, 4.69) is 10.6 Å². The van der Waals surface area contributed by atoms with Gasteiger partial charge in [-0.3, -0.25) is 0 Å². The third-order valence-electron chi connectivity index (χ3n) is 2.77. The van der Waals surface area contributed by atoms with Gasteiger partial charge in [-0.1, -0.05) is 6.07 Å². The smallest absolute Gasteiger partial charge is 0.319 e. The van der Waals surface area contributed by atoms with Crippen molar-refractivity contribution in [2.75, 3.05) is 11.1 Å². The van der Waals surface area contributed by atoms with Gasteiger partial charge in [-0.05, 0) is 43.9 Å². The number of hydrogen-bond acceptors (Lipinski definition) is 2. The Kier molecular flexibility index (Phi) is 2.73. The molecule has 0 aromatic heterocycles. The molecular formula is C12H17N3O. The van der Waals surface area contributed by atoms with Crippen LogP contribution in [-0.2, 0) is 0 Å². The van der Waals surface area contributed by atoms with E-state index in [1.807, 2.05) is 19.9 Å². The molecule has 0 heterocycles. The maximum Gasteiger partial charge on any atom is 0.319 e. The van der Waals surface area contributed by atoms with Gasteiger partial charge in [-0.25, -0.2) is 4.79 Å².